The van der Waals surface area contributed by atoms with Crippen LogP contribution >= 0.6 is 27.3 Å². The Morgan fingerprint density at radius 2 is 2.32 bits per heavy atom. The van der Waals surface area contributed by atoms with E-state index in [0.717, 1.165) is 12.3 Å². The van der Waals surface area contributed by atoms with E-state index < -0.39 is 0 Å². The number of halogens is 1. The summed E-state index contributed by atoms with van der Waals surface area (Å²) in [6.45, 7) is 6.91. The van der Waals surface area contributed by atoms with Crippen molar-refractivity contribution < 1.29 is 0 Å². The van der Waals surface area contributed by atoms with Gasteiger partial charge in [0.05, 0.1) is 6.04 Å². The van der Waals surface area contributed by atoms with E-state index >= 15 is 0 Å². The topological polar surface area (TPSA) is 29.3 Å². The Balaban J connectivity index is 2.11. The van der Waals surface area contributed by atoms with Crippen molar-refractivity contribution in [3.8, 4) is 0 Å². The lowest BCUT2D eigenvalue weighted by atomic mass is 10.0. The zero-order chi connectivity index (χ0) is 13.8. The van der Waals surface area contributed by atoms with Crippen LogP contribution in [0.2, 0.25) is 0 Å². The Morgan fingerprint density at radius 3 is 2.89 bits per heavy atom. The Morgan fingerprint density at radius 1 is 1.53 bits per heavy atom. The monoisotopic (exact) mass is 344 g/mol. The summed E-state index contributed by atoms with van der Waals surface area (Å²) >= 11 is 5.40. The van der Waals surface area contributed by atoms with Crippen molar-refractivity contribution in [2.75, 3.05) is 13.1 Å². The van der Waals surface area contributed by atoms with E-state index in [9.17, 15) is 0 Å². The van der Waals surface area contributed by atoms with E-state index in [1.165, 1.54) is 41.7 Å². The summed E-state index contributed by atoms with van der Waals surface area (Å²) in [5.74, 6) is 0.875. The fourth-order valence-electron chi connectivity index (χ4n) is 3.13. The van der Waals surface area contributed by atoms with Gasteiger partial charge in [-0.05, 0) is 53.7 Å². The molecule has 108 valence electrons. The molecule has 1 aromatic heterocycles. The van der Waals surface area contributed by atoms with Crippen molar-refractivity contribution >= 4 is 27.3 Å². The lowest BCUT2D eigenvalue weighted by molar-refractivity contribution is 0.204. The zero-order valence-corrected chi connectivity index (χ0v) is 14.3. The van der Waals surface area contributed by atoms with Crippen LogP contribution < -0.4 is 5.73 Å². The quantitative estimate of drug-likeness (QED) is 0.827. The van der Waals surface area contributed by atoms with Crippen molar-refractivity contribution in [3.63, 3.8) is 0 Å². The van der Waals surface area contributed by atoms with Gasteiger partial charge in [-0.2, -0.15) is 0 Å². The smallest absolute Gasteiger partial charge is 0.0593 e. The van der Waals surface area contributed by atoms with Gasteiger partial charge >= 0.3 is 0 Å². The molecule has 1 aliphatic rings. The van der Waals surface area contributed by atoms with Crippen molar-refractivity contribution in [2.24, 2.45) is 11.7 Å². The second-order valence-electron chi connectivity index (χ2n) is 5.62. The first kappa shape index (κ1) is 15.5. The van der Waals surface area contributed by atoms with E-state index in [1.807, 2.05) is 11.3 Å². The van der Waals surface area contributed by atoms with Crippen molar-refractivity contribution in [1.82, 2.24) is 4.90 Å². The first-order valence-electron chi connectivity index (χ1n) is 7.39. The first-order chi connectivity index (χ1) is 9.15. The maximum atomic E-state index is 6.41. The van der Waals surface area contributed by atoms with E-state index in [1.54, 1.807) is 0 Å². The Kier molecular flexibility index (Phi) is 5.87. The number of thiophene rings is 1. The molecule has 0 spiro atoms. The summed E-state index contributed by atoms with van der Waals surface area (Å²) < 4.78 is 1.19. The van der Waals surface area contributed by atoms with Crippen LogP contribution in [0.25, 0.3) is 0 Å². The maximum absolute atomic E-state index is 6.41. The highest BCUT2D eigenvalue weighted by atomic mass is 79.9. The van der Waals surface area contributed by atoms with Gasteiger partial charge in [-0.1, -0.05) is 20.3 Å². The summed E-state index contributed by atoms with van der Waals surface area (Å²) in [6, 6.07) is 2.90. The van der Waals surface area contributed by atoms with Gasteiger partial charge in [-0.15, -0.1) is 11.3 Å². The number of nitrogens with zero attached hydrogens (tertiary/aromatic N) is 1. The molecule has 0 radical (unpaired) electrons. The number of rotatable bonds is 6. The minimum Gasteiger partial charge on any atom is -0.326 e. The molecule has 0 amide bonds. The molecule has 3 unspecified atom stereocenters. The van der Waals surface area contributed by atoms with Gasteiger partial charge in [-0.3, -0.25) is 4.90 Å². The summed E-state index contributed by atoms with van der Waals surface area (Å²) in [5, 5.41) is 2.17. The molecular formula is C15H25BrN2S. The summed E-state index contributed by atoms with van der Waals surface area (Å²) in [4.78, 5) is 4.03. The van der Waals surface area contributed by atoms with Crippen LogP contribution in [0.1, 0.15) is 50.4 Å². The van der Waals surface area contributed by atoms with Gasteiger partial charge in [0.15, 0.2) is 0 Å². The standard InChI is InChI=1S/C15H25BrN2S/c1-3-5-11-6-7-18(9-11)15(13(17)4-2)14-8-12(16)10-19-14/h8,10-11,13,15H,3-7,9,17H2,1-2H3. The molecule has 2 nitrogen and oxygen atoms in total. The van der Waals surface area contributed by atoms with Gasteiger partial charge in [-0.25, -0.2) is 0 Å². The van der Waals surface area contributed by atoms with Crippen LogP contribution in [0.15, 0.2) is 15.9 Å². The van der Waals surface area contributed by atoms with Crippen LogP contribution in [-0.4, -0.2) is 24.0 Å². The average molecular weight is 345 g/mol. The lowest BCUT2D eigenvalue weighted by Crippen LogP contribution is -2.39. The molecule has 1 saturated heterocycles. The fraction of sp³-hybridized carbons (Fsp3) is 0.733. The zero-order valence-electron chi connectivity index (χ0n) is 11.9. The number of hydrogen-bond acceptors (Lipinski definition) is 3. The van der Waals surface area contributed by atoms with Crippen LogP contribution in [0.3, 0.4) is 0 Å². The number of hydrogen-bond donors (Lipinski definition) is 1. The second kappa shape index (κ2) is 7.21. The number of nitrogens with two attached hydrogens (primary N) is 1. The largest absolute Gasteiger partial charge is 0.326 e. The second-order valence-corrected chi connectivity index (χ2v) is 7.48. The number of likely N-dealkylation sites (tertiary alicyclic amines) is 1. The van der Waals surface area contributed by atoms with Crippen molar-refractivity contribution in [2.45, 2.75) is 51.6 Å². The molecule has 4 heteroatoms. The van der Waals surface area contributed by atoms with Crippen molar-refractivity contribution in [1.29, 1.82) is 0 Å². The minimum atomic E-state index is 0.242. The third-order valence-corrected chi connectivity index (χ3v) is 5.93. The molecule has 3 atom stereocenters. The molecule has 2 rings (SSSR count). The third kappa shape index (κ3) is 3.81. The van der Waals surface area contributed by atoms with E-state index in [2.05, 4.69) is 46.1 Å². The Bertz CT molecular complexity index is 393. The van der Waals surface area contributed by atoms with Gasteiger partial charge in [0.2, 0.25) is 0 Å². The molecule has 1 aliphatic heterocycles. The van der Waals surface area contributed by atoms with Crippen molar-refractivity contribution in [3.05, 3.63) is 20.8 Å². The summed E-state index contributed by atoms with van der Waals surface area (Å²) in [5.41, 5.74) is 6.41. The Hall–Kier alpha value is 0.1000. The van der Waals surface area contributed by atoms with Gasteiger partial charge in [0.1, 0.15) is 0 Å². The maximum Gasteiger partial charge on any atom is 0.0593 e. The summed E-state index contributed by atoms with van der Waals surface area (Å²) in [6.07, 6.45) is 5.04. The van der Waals surface area contributed by atoms with E-state index in [-0.39, 0.29) is 6.04 Å². The summed E-state index contributed by atoms with van der Waals surface area (Å²) in [7, 11) is 0. The molecular weight excluding hydrogens is 320 g/mol. The molecule has 1 fully saturated rings. The first-order valence-corrected chi connectivity index (χ1v) is 9.06. The molecule has 2 N–H and O–H groups in total. The predicted octanol–water partition coefficient (Wildman–Crippen LogP) is 4.41. The predicted molar refractivity (Wildman–Crippen MR) is 87.6 cm³/mol. The van der Waals surface area contributed by atoms with Crippen LogP contribution in [0, 0.1) is 5.92 Å². The van der Waals surface area contributed by atoms with E-state index in [0.29, 0.717) is 6.04 Å². The molecule has 0 aliphatic carbocycles. The molecule has 0 saturated carbocycles. The van der Waals surface area contributed by atoms with Crippen LogP contribution in [0.4, 0.5) is 0 Å². The minimum absolute atomic E-state index is 0.242. The fourth-order valence-corrected chi connectivity index (χ4v) is 4.78. The average Bonchev–Trinajstić information content (AvgIpc) is 3.00. The van der Waals surface area contributed by atoms with Gasteiger partial charge in [0, 0.05) is 27.3 Å². The van der Waals surface area contributed by atoms with E-state index in [4.69, 9.17) is 5.73 Å². The molecule has 0 bridgehead atoms. The lowest BCUT2D eigenvalue weighted by Gasteiger charge is -2.31. The highest BCUT2D eigenvalue weighted by Gasteiger charge is 2.32. The van der Waals surface area contributed by atoms with Gasteiger partial charge < -0.3 is 5.73 Å². The highest BCUT2D eigenvalue weighted by molar-refractivity contribution is 9.10. The van der Waals surface area contributed by atoms with Gasteiger partial charge in [0.25, 0.3) is 0 Å². The highest BCUT2D eigenvalue weighted by Crippen LogP contribution is 2.36. The van der Waals surface area contributed by atoms with Crippen LogP contribution in [-0.2, 0) is 0 Å². The van der Waals surface area contributed by atoms with Crippen LogP contribution in [0.5, 0.6) is 0 Å². The molecule has 1 aromatic rings. The molecule has 2 heterocycles. The third-order valence-electron chi connectivity index (χ3n) is 4.16. The SMILES string of the molecule is CCCC1CCN(C(c2cc(Br)cs2)C(N)CC)C1. The Labute approximate surface area is 129 Å². The molecule has 19 heavy (non-hydrogen) atoms. The molecule has 0 aromatic carbocycles. The normalized spacial score (nSPS) is 23.7.